The molecule has 0 aromatic carbocycles. The van der Waals surface area contributed by atoms with E-state index in [2.05, 4.69) is 15.4 Å². The van der Waals surface area contributed by atoms with Gasteiger partial charge in [0.15, 0.2) is 0 Å². The molecule has 0 fully saturated rings. The highest BCUT2D eigenvalue weighted by molar-refractivity contribution is 5.05. The van der Waals surface area contributed by atoms with Gasteiger partial charge in [-0.3, -0.25) is 4.68 Å². The van der Waals surface area contributed by atoms with Crippen molar-refractivity contribution in [2.45, 2.75) is 26.0 Å². The maximum absolute atomic E-state index is 9.74. The van der Waals surface area contributed by atoms with Gasteiger partial charge >= 0.3 is 0 Å². The Kier molecular flexibility index (Phi) is 2.51. The van der Waals surface area contributed by atoms with Crippen molar-refractivity contribution >= 4 is 0 Å². The van der Waals surface area contributed by atoms with Crippen LogP contribution in [0.15, 0.2) is 18.5 Å². The van der Waals surface area contributed by atoms with Gasteiger partial charge in [-0.1, -0.05) is 5.21 Å². The van der Waals surface area contributed by atoms with E-state index < -0.39 is 5.60 Å². The number of aromatic nitrogens is 5. The molecule has 0 radical (unpaired) electrons. The fourth-order valence-electron chi connectivity index (χ4n) is 1.37. The molecular weight excluding hydrogens is 206 g/mol. The molecule has 1 N–H and O–H groups in total. The molecule has 2 aromatic heterocycles. The van der Waals surface area contributed by atoms with Crippen molar-refractivity contribution < 1.29 is 5.11 Å². The first-order valence-corrected chi connectivity index (χ1v) is 5.06. The quantitative estimate of drug-likeness (QED) is 0.808. The van der Waals surface area contributed by atoms with Gasteiger partial charge in [-0.15, -0.1) is 5.10 Å². The van der Waals surface area contributed by atoms with Crippen LogP contribution in [0.4, 0.5) is 0 Å². The van der Waals surface area contributed by atoms with Gasteiger partial charge in [0, 0.05) is 13.2 Å². The molecule has 0 bridgehead atoms. The van der Waals surface area contributed by atoms with Gasteiger partial charge in [-0.25, -0.2) is 4.68 Å². The third-order valence-electron chi connectivity index (χ3n) is 2.26. The molecule has 86 valence electrons. The van der Waals surface area contributed by atoms with E-state index in [1.54, 1.807) is 29.4 Å². The van der Waals surface area contributed by atoms with E-state index in [4.69, 9.17) is 0 Å². The van der Waals surface area contributed by atoms with Crippen molar-refractivity contribution in [3.8, 4) is 0 Å². The summed E-state index contributed by atoms with van der Waals surface area (Å²) in [5, 5.41) is 21.8. The van der Waals surface area contributed by atoms with Crippen LogP contribution in [0.3, 0.4) is 0 Å². The van der Waals surface area contributed by atoms with Crippen LogP contribution in [0.1, 0.15) is 25.2 Å². The number of rotatable bonds is 3. The first kappa shape index (κ1) is 10.8. The zero-order valence-corrected chi connectivity index (χ0v) is 9.62. The van der Waals surface area contributed by atoms with Crippen LogP contribution in [0, 0.1) is 0 Å². The lowest BCUT2D eigenvalue weighted by Crippen LogP contribution is -2.15. The zero-order valence-electron chi connectivity index (χ0n) is 9.62. The second-order valence-electron chi connectivity index (χ2n) is 4.34. The molecule has 0 unspecified atom stereocenters. The fourth-order valence-corrected chi connectivity index (χ4v) is 1.37. The van der Waals surface area contributed by atoms with Crippen LogP contribution in [-0.4, -0.2) is 29.9 Å². The molecule has 6 nitrogen and oxygen atoms in total. The summed E-state index contributed by atoms with van der Waals surface area (Å²) in [6.07, 6.45) is 3.61. The number of nitrogens with zero attached hydrogens (tertiary/aromatic N) is 5. The summed E-state index contributed by atoms with van der Waals surface area (Å²) in [6, 6.07) is 1.92. The first-order valence-electron chi connectivity index (χ1n) is 5.06. The fraction of sp³-hybridized carbons (Fsp3) is 0.500. The Bertz CT molecular complexity index is 479. The van der Waals surface area contributed by atoms with Gasteiger partial charge in [0.25, 0.3) is 0 Å². The highest BCUT2D eigenvalue weighted by Crippen LogP contribution is 2.15. The summed E-state index contributed by atoms with van der Waals surface area (Å²) in [7, 11) is 1.87. The second kappa shape index (κ2) is 3.71. The Labute approximate surface area is 93.5 Å². The van der Waals surface area contributed by atoms with Crippen LogP contribution in [0.2, 0.25) is 0 Å². The average Bonchev–Trinajstić information content (AvgIpc) is 2.74. The second-order valence-corrected chi connectivity index (χ2v) is 4.34. The summed E-state index contributed by atoms with van der Waals surface area (Å²) in [5.74, 6) is 0. The van der Waals surface area contributed by atoms with E-state index >= 15 is 0 Å². The van der Waals surface area contributed by atoms with Crippen molar-refractivity contribution in [3.63, 3.8) is 0 Å². The zero-order chi connectivity index (χ0) is 11.8. The predicted octanol–water partition coefficient (Wildman–Crippen LogP) is 0.287. The molecule has 0 aliphatic carbocycles. The molecule has 2 heterocycles. The minimum atomic E-state index is -0.956. The van der Waals surface area contributed by atoms with Gasteiger partial charge in [0.2, 0.25) is 0 Å². The van der Waals surface area contributed by atoms with Gasteiger partial charge in [-0.05, 0) is 19.9 Å². The van der Waals surface area contributed by atoms with E-state index in [0.717, 1.165) is 5.69 Å². The van der Waals surface area contributed by atoms with Gasteiger partial charge in [0.05, 0.1) is 18.4 Å². The number of aliphatic hydroxyl groups is 1. The smallest absolute Gasteiger partial charge is 0.114 e. The topological polar surface area (TPSA) is 68.8 Å². The summed E-state index contributed by atoms with van der Waals surface area (Å²) in [5.41, 5.74) is 0.515. The molecule has 0 atom stereocenters. The third-order valence-corrected chi connectivity index (χ3v) is 2.26. The van der Waals surface area contributed by atoms with E-state index in [1.807, 2.05) is 19.3 Å². The molecule has 6 heteroatoms. The molecule has 0 aliphatic heterocycles. The Morgan fingerprint density at radius 3 is 2.69 bits per heavy atom. The van der Waals surface area contributed by atoms with E-state index in [9.17, 15) is 5.11 Å². The van der Waals surface area contributed by atoms with E-state index in [1.165, 1.54) is 0 Å². The van der Waals surface area contributed by atoms with Crippen LogP contribution < -0.4 is 0 Å². The molecule has 0 spiro atoms. The molecular formula is C10H15N5O. The number of hydrogen-bond acceptors (Lipinski definition) is 4. The molecule has 2 aromatic rings. The normalized spacial score (nSPS) is 12.0. The van der Waals surface area contributed by atoms with E-state index in [0.29, 0.717) is 12.2 Å². The van der Waals surface area contributed by atoms with Crippen molar-refractivity contribution in [2.24, 2.45) is 7.05 Å². The number of aryl methyl sites for hydroxylation is 1. The Morgan fingerprint density at radius 2 is 2.19 bits per heavy atom. The predicted molar refractivity (Wildman–Crippen MR) is 57.6 cm³/mol. The van der Waals surface area contributed by atoms with Crippen molar-refractivity contribution in [3.05, 3.63) is 29.8 Å². The maximum atomic E-state index is 9.74. The molecule has 0 saturated carbocycles. The van der Waals surface area contributed by atoms with Crippen LogP contribution in [0.25, 0.3) is 0 Å². The lowest BCUT2D eigenvalue weighted by Gasteiger charge is -2.11. The molecule has 0 amide bonds. The Hall–Kier alpha value is -1.69. The summed E-state index contributed by atoms with van der Waals surface area (Å²) < 4.78 is 3.40. The maximum Gasteiger partial charge on any atom is 0.114 e. The third kappa shape index (κ3) is 2.27. The van der Waals surface area contributed by atoms with Crippen LogP contribution >= 0.6 is 0 Å². The highest BCUT2D eigenvalue weighted by atomic mass is 16.3. The van der Waals surface area contributed by atoms with E-state index in [-0.39, 0.29) is 0 Å². The van der Waals surface area contributed by atoms with Crippen LogP contribution in [-0.2, 0) is 19.2 Å². The van der Waals surface area contributed by atoms with Crippen molar-refractivity contribution in [1.29, 1.82) is 0 Å². The summed E-state index contributed by atoms with van der Waals surface area (Å²) in [6.45, 7) is 3.92. The highest BCUT2D eigenvalue weighted by Gasteiger charge is 2.20. The molecule has 2 rings (SSSR count). The summed E-state index contributed by atoms with van der Waals surface area (Å²) in [4.78, 5) is 0. The lowest BCUT2D eigenvalue weighted by molar-refractivity contribution is 0.0737. The average molecular weight is 221 g/mol. The SMILES string of the molecule is Cn1ccc(Cn2cc(C(C)(C)O)nn2)n1. The van der Waals surface area contributed by atoms with Crippen molar-refractivity contribution in [2.75, 3.05) is 0 Å². The number of hydrogen-bond donors (Lipinski definition) is 1. The molecule has 16 heavy (non-hydrogen) atoms. The first-order chi connectivity index (χ1) is 7.45. The monoisotopic (exact) mass is 221 g/mol. The van der Waals surface area contributed by atoms with Gasteiger partial charge < -0.3 is 5.11 Å². The van der Waals surface area contributed by atoms with Gasteiger partial charge in [0.1, 0.15) is 11.3 Å². The minimum absolute atomic E-state index is 0.559. The lowest BCUT2D eigenvalue weighted by atomic mass is 10.1. The van der Waals surface area contributed by atoms with Crippen LogP contribution in [0.5, 0.6) is 0 Å². The molecule has 0 aliphatic rings. The minimum Gasteiger partial charge on any atom is -0.384 e. The largest absolute Gasteiger partial charge is 0.384 e. The summed E-state index contributed by atoms with van der Waals surface area (Å²) >= 11 is 0. The Morgan fingerprint density at radius 1 is 1.44 bits per heavy atom. The standard InChI is InChI=1S/C10H15N5O/c1-10(2,16)9-7-15(13-11-9)6-8-4-5-14(3)12-8/h4-5,7,16H,6H2,1-3H3. The van der Waals surface area contributed by atoms with Gasteiger partial charge in [-0.2, -0.15) is 5.10 Å². The Balaban J connectivity index is 2.14. The molecule has 0 saturated heterocycles. The van der Waals surface area contributed by atoms with Crippen molar-refractivity contribution in [1.82, 2.24) is 24.8 Å².